The first-order valence-electron chi connectivity index (χ1n) is 7.93. The number of carbonyl (C=O) groups excluding carboxylic acids is 3. The quantitative estimate of drug-likeness (QED) is 0.703. The number of rotatable bonds is 6. The van der Waals surface area contributed by atoms with E-state index in [0.29, 0.717) is 5.01 Å². The molecule has 0 saturated heterocycles. The van der Waals surface area contributed by atoms with Crippen LogP contribution in [0.2, 0.25) is 0 Å². The summed E-state index contributed by atoms with van der Waals surface area (Å²) in [5.74, 6) is -2.30. The first-order valence-corrected chi connectivity index (χ1v) is 10.8. The van der Waals surface area contributed by atoms with E-state index in [0.717, 1.165) is 22.5 Å². The van der Waals surface area contributed by atoms with Gasteiger partial charge >= 0.3 is 0 Å². The summed E-state index contributed by atoms with van der Waals surface area (Å²) in [6, 6.07) is 4.94. The zero-order valence-corrected chi connectivity index (χ0v) is 16.1. The molecule has 1 aromatic heterocycles. The number of amides is 3. The summed E-state index contributed by atoms with van der Waals surface area (Å²) in [5, 5.41) is 10.9. The summed E-state index contributed by atoms with van der Waals surface area (Å²) in [5.41, 5.74) is 0.373. The van der Waals surface area contributed by atoms with E-state index in [1.54, 1.807) is 19.1 Å². The maximum atomic E-state index is 12.8. The Morgan fingerprint density at radius 2 is 1.78 bits per heavy atom. The van der Waals surface area contributed by atoms with Crippen LogP contribution in [-0.2, 0) is 14.6 Å². The standard InChI is InChI=1S/C16H16N4O5S2/c1-9-18-19-16(26-9)17-13(21)12(7-8-27(2,24)25)20-14(22)10-5-3-4-6-11(10)15(20)23/h3-6,12H,7-8H2,1-2H3,(H,17,19,21). The van der Waals surface area contributed by atoms with Crippen molar-refractivity contribution in [3.05, 3.63) is 40.4 Å². The van der Waals surface area contributed by atoms with Gasteiger partial charge in [0.15, 0.2) is 0 Å². The Bertz CT molecular complexity index is 996. The van der Waals surface area contributed by atoms with E-state index in [4.69, 9.17) is 0 Å². The Balaban J connectivity index is 1.91. The minimum absolute atomic E-state index is 0.186. The van der Waals surface area contributed by atoms with E-state index < -0.39 is 33.6 Å². The fourth-order valence-electron chi connectivity index (χ4n) is 2.73. The predicted octanol–water partition coefficient (Wildman–Crippen LogP) is 0.885. The van der Waals surface area contributed by atoms with Crippen molar-refractivity contribution in [1.82, 2.24) is 15.1 Å². The van der Waals surface area contributed by atoms with Gasteiger partial charge in [0.25, 0.3) is 11.8 Å². The molecule has 1 aromatic carbocycles. The molecule has 11 heteroatoms. The number of carbonyl (C=O) groups is 3. The normalized spacial score (nSPS) is 15.0. The Kier molecular flexibility index (Phi) is 5.07. The number of hydrogen-bond donors (Lipinski definition) is 1. The van der Waals surface area contributed by atoms with E-state index in [1.807, 2.05) is 0 Å². The zero-order chi connectivity index (χ0) is 19.8. The monoisotopic (exact) mass is 408 g/mol. The van der Waals surface area contributed by atoms with Crippen LogP contribution in [0.4, 0.5) is 5.13 Å². The van der Waals surface area contributed by atoms with Gasteiger partial charge in [0.2, 0.25) is 11.0 Å². The third kappa shape index (κ3) is 4.03. The summed E-state index contributed by atoms with van der Waals surface area (Å²) in [6.45, 7) is 1.71. The largest absolute Gasteiger partial charge is 0.299 e. The molecule has 9 nitrogen and oxygen atoms in total. The number of sulfone groups is 1. The van der Waals surface area contributed by atoms with E-state index in [2.05, 4.69) is 15.5 Å². The fraction of sp³-hybridized carbons (Fsp3) is 0.312. The molecule has 0 aliphatic carbocycles. The maximum Gasteiger partial charge on any atom is 0.262 e. The van der Waals surface area contributed by atoms with Crippen LogP contribution < -0.4 is 5.32 Å². The van der Waals surface area contributed by atoms with E-state index in [9.17, 15) is 22.8 Å². The van der Waals surface area contributed by atoms with Gasteiger partial charge in [-0.05, 0) is 25.5 Å². The lowest BCUT2D eigenvalue weighted by Gasteiger charge is -2.24. The van der Waals surface area contributed by atoms with Crippen molar-refractivity contribution < 1.29 is 22.8 Å². The molecule has 0 spiro atoms. The molecule has 3 amide bonds. The number of fused-ring (bicyclic) bond motifs is 1. The van der Waals surface area contributed by atoms with Gasteiger partial charge in [-0.1, -0.05) is 23.5 Å². The highest BCUT2D eigenvalue weighted by atomic mass is 32.2. The van der Waals surface area contributed by atoms with E-state index >= 15 is 0 Å². The molecule has 3 rings (SSSR count). The lowest BCUT2D eigenvalue weighted by molar-refractivity contribution is -0.120. The number of benzene rings is 1. The third-order valence-corrected chi connectivity index (χ3v) is 5.69. The molecule has 2 heterocycles. The van der Waals surface area contributed by atoms with Crippen LogP contribution >= 0.6 is 11.3 Å². The molecule has 1 aliphatic heterocycles. The number of nitrogens with zero attached hydrogens (tertiary/aromatic N) is 3. The van der Waals surface area contributed by atoms with Crippen molar-refractivity contribution in [2.75, 3.05) is 17.3 Å². The molecule has 2 aromatic rings. The summed E-state index contributed by atoms with van der Waals surface area (Å²) in [7, 11) is -3.41. The van der Waals surface area contributed by atoms with Gasteiger partial charge in [-0.2, -0.15) is 0 Å². The van der Waals surface area contributed by atoms with Crippen molar-refractivity contribution in [1.29, 1.82) is 0 Å². The average molecular weight is 408 g/mol. The minimum Gasteiger partial charge on any atom is -0.299 e. The highest BCUT2D eigenvalue weighted by Crippen LogP contribution is 2.26. The molecular formula is C16H16N4O5S2. The third-order valence-electron chi connectivity index (χ3n) is 3.96. The zero-order valence-electron chi connectivity index (χ0n) is 14.5. The average Bonchev–Trinajstić information content (AvgIpc) is 3.10. The molecule has 1 N–H and O–H groups in total. The fourth-order valence-corrected chi connectivity index (χ4v) is 3.98. The van der Waals surface area contributed by atoms with Gasteiger partial charge in [0.1, 0.15) is 20.9 Å². The molecule has 0 fully saturated rings. The van der Waals surface area contributed by atoms with Gasteiger partial charge in [-0.3, -0.25) is 24.6 Å². The Morgan fingerprint density at radius 3 is 2.26 bits per heavy atom. The van der Waals surface area contributed by atoms with E-state index in [-0.39, 0.29) is 28.4 Å². The molecule has 27 heavy (non-hydrogen) atoms. The summed E-state index contributed by atoms with van der Waals surface area (Å²) < 4.78 is 23.2. The Hall–Kier alpha value is -2.66. The van der Waals surface area contributed by atoms with Gasteiger partial charge in [0.05, 0.1) is 16.9 Å². The topological polar surface area (TPSA) is 126 Å². The number of aromatic nitrogens is 2. The maximum absolute atomic E-state index is 12.8. The first kappa shape index (κ1) is 19.1. The van der Waals surface area contributed by atoms with E-state index in [1.165, 1.54) is 12.1 Å². The van der Waals surface area contributed by atoms with Crippen LogP contribution in [0.5, 0.6) is 0 Å². The number of anilines is 1. The molecule has 1 atom stereocenters. The van der Waals surface area contributed by atoms with Crippen molar-refractivity contribution in [3.63, 3.8) is 0 Å². The van der Waals surface area contributed by atoms with Gasteiger partial charge in [-0.15, -0.1) is 10.2 Å². The smallest absolute Gasteiger partial charge is 0.262 e. The Morgan fingerprint density at radius 1 is 1.19 bits per heavy atom. The van der Waals surface area contributed by atoms with Gasteiger partial charge in [0, 0.05) is 6.26 Å². The van der Waals surface area contributed by atoms with Crippen LogP contribution in [-0.4, -0.2) is 59.3 Å². The van der Waals surface area contributed by atoms with Crippen molar-refractivity contribution >= 4 is 44.0 Å². The number of hydrogen-bond acceptors (Lipinski definition) is 8. The number of aryl methyl sites for hydroxylation is 1. The van der Waals surface area contributed by atoms with Crippen molar-refractivity contribution in [2.45, 2.75) is 19.4 Å². The Labute approximate surface area is 159 Å². The molecule has 0 bridgehead atoms. The second-order valence-electron chi connectivity index (χ2n) is 6.08. The molecule has 1 aliphatic rings. The van der Waals surface area contributed by atoms with Crippen LogP contribution in [0.1, 0.15) is 32.1 Å². The van der Waals surface area contributed by atoms with Crippen molar-refractivity contribution in [2.24, 2.45) is 0 Å². The molecular weight excluding hydrogens is 392 g/mol. The van der Waals surface area contributed by atoms with Crippen LogP contribution in [0, 0.1) is 6.92 Å². The molecule has 0 saturated carbocycles. The number of imide groups is 1. The second kappa shape index (κ2) is 7.16. The first-order chi connectivity index (χ1) is 12.7. The minimum atomic E-state index is -3.41. The summed E-state index contributed by atoms with van der Waals surface area (Å²) in [6.07, 6.45) is 0.812. The highest BCUT2D eigenvalue weighted by Gasteiger charge is 2.42. The lowest BCUT2D eigenvalue weighted by atomic mass is 10.1. The molecule has 0 radical (unpaired) electrons. The number of nitrogens with one attached hydrogen (secondary N) is 1. The summed E-state index contributed by atoms with van der Waals surface area (Å²) in [4.78, 5) is 38.9. The van der Waals surface area contributed by atoms with Crippen LogP contribution in [0.15, 0.2) is 24.3 Å². The highest BCUT2D eigenvalue weighted by molar-refractivity contribution is 7.90. The summed E-state index contributed by atoms with van der Waals surface area (Å²) >= 11 is 1.13. The lowest BCUT2D eigenvalue weighted by Crippen LogP contribution is -2.48. The van der Waals surface area contributed by atoms with Gasteiger partial charge in [-0.25, -0.2) is 8.42 Å². The molecule has 142 valence electrons. The van der Waals surface area contributed by atoms with Gasteiger partial charge < -0.3 is 0 Å². The SMILES string of the molecule is Cc1nnc(NC(=O)C(CCS(C)(=O)=O)N2C(=O)c3ccccc3C2=O)s1. The predicted molar refractivity (Wildman–Crippen MR) is 98.3 cm³/mol. The second-order valence-corrected chi connectivity index (χ2v) is 9.52. The van der Waals surface area contributed by atoms with Crippen molar-refractivity contribution in [3.8, 4) is 0 Å². The van der Waals surface area contributed by atoms with Crippen LogP contribution in [0.3, 0.4) is 0 Å². The van der Waals surface area contributed by atoms with Crippen LogP contribution in [0.25, 0.3) is 0 Å². The molecule has 1 unspecified atom stereocenters.